The van der Waals surface area contributed by atoms with Gasteiger partial charge in [-0.15, -0.1) is 5.10 Å². The molecule has 1 aliphatic rings. The molecule has 0 spiro atoms. The van der Waals surface area contributed by atoms with Crippen LogP contribution in [0.25, 0.3) is 16.9 Å². The Morgan fingerprint density at radius 3 is 2.69 bits per heavy atom. The van der Waals surface area contributed by atoms with Crippen LogP contribution in [0, 0.1) is 6.92 Å². The highest BCUT2D eigenvalue weighted by molar-refractivity contribution is 6.31. The zero-order valence-corrected chi connectivity index (χ0v) is 17.1. The van der Waals surface area contributed by atoms with Crippen LogP contribution < -0.4 is 5.56 Å². The SMILES string of the molecule is Cc1ccc(-n2nnc3c(=O)n(CC(=O)N4C[C@@H](C)O[C@H](C)C4)cnc32)cc1Cl. The van der Waals surface area contributed by atoms with Gasteiger partial charge in [0.25, 0.3) is 5.56 Å². The van der Waals surface area contributed by atoms with Crippen molar-refractivity contribution in [2.75, 3.05) is 13.1 Å². The second kappa shape index (κ2) is 7.57. The van der Waals surface area contributed by atoms with E-state index in [-0.39, 0.29) is 30.2 Å². The third-order valence-corrected chi connectivity index (χ3v) is 5.31. The Kier molecular flexibility index (Phi) is 5.10. The van der Waals surface area contributed by atoms with E-state index in [1.807, 2.05) is 32.9 Å². The molecule has 0 radical (unpaired) electrons. The summed E-state index contributed by atoms with van der Waals surface area (Å²) in [7, 11) is 0. The predicted molar refractivity (Wildman–Crippen MR) is 107 cm³/mol. The van der Waals surface area contributed by atoms with E-state index in [0.29, 0.717) is 29.4 Å². The van der Waals surface area contributed by atoms with Crippen LogP contribution in [0.2, 0.25) is 5.02 Å². The highest BCUT2D eigenvalue weighted by atomic mass is 35.5. The minimum atomic E-state index is -0.415. The average Bonchev–Trinajstić information content (AvgIpc) is 3.10. The maximum Gasteiger partial charge on any atom is 0.284 e. The monoisotopic (exact) mass is 416 g/mol. The maximum absolute atomic E-state index is 12.8. The topological polar surface area (TPSA) is 95.1 Å². The standard InChI is InChI=1S/C19H21ClN6O3/c1-11-4-5-14(6-15(11)20)26-18-17(22-23-26)19(28)25(10-21-18)9-16(27)24-7-12(2)29-13(3)8-24/h4-6,10,12-13H,7-9H2,1-3H3/t12-,13-/m1/s1. The fourth-order valence-corrected chi connectivity index (χ4v) is 3.65. The number of hydrogen-bond acceptors (Lipinski definition) is 6. The van der Waals surface area contributed by atoms with Crippen molar-refractivity contribution in [1.82, 2.24) is 29.4 Å². The van der Waals surface area contributed by atoms with Gasteiger partial charge in [-0.05, 0) is 38.5 Å². The second-order valence-electron chi connectivity index (χ2n) is 7.34. The number of benzene rings is 1. The fourth-order valence-electron chi connectivity index (χ4n) is 3.47. The summed E-state index contributed by atoms with van der Waals surface area (Å²) in [4.78, 5) is 31.5. The first-order chi connectivity index (χ1) is 13.8. The zero-order chi connectivity index (χ0) is 20.7. The Morgan fingerprint density at radius 1 is 1.28 bits per heavy atom. The van der Waals surface area contributed by atoms with Crippen LogP contribution in [0.5, 0.6) is 0 Å². The lowest BCUT2D eigenvalue weighted by Gasteiger charge is -2.35. The van der Waals surface area contributed by atoms with Gasteiger partial charge in [-0.3, -0.25) is 14.2 Å². The summed E-state index contributed by atoms with van der Waals surface area (Å²) < 4.78 is 8.37. The Morgan fingerprint density at radius 2 is 2.00 bits per heavy atom. The van der Waals surface area contributed by atoms with Crippen molar-refractivity contribution >= 4 is 28.7 Å². The van der Waals surface area contributed by atoms with Crippen LogP contribution >= 0.6 is 11.6 Å². The fraction of sp³-hybridized carbons (Fsp3) is 0.421. The number of amides is 1. The minimum Gasteiger partial charge on any atom is -0.372 e. The van der Waals surface area contributed by atoms with Crippen molar-refractivity contribution in [3.8, 4) is 5.69 Å². The van der Waals surface area contributed by atoms with Crippen LogP contribution in [0.3, 0.4) is 0 Å². The van der Waals surface area contributed by atoms with Gasteiger partial charge in [0.1, 0.15) is 12.9 Å². The van der Waals surface area contributed by atoms with Gasteiger partial charge in [0, 0.05) is 18.1 Å². The summed E-state index contributed by atoms with van der Waals surface area (Å²) in [6, 6.07) is 5.42. The minimum absolute atomic E-state index is 0.0405. The van der Waals surface area contributed by atoms with E-state index in [0.717, 1.165) is 5.56 Å². The number of ether oxygens (including phenoxy) is 1. The molecule has 2 aromatic heterocycles. The van der Waals surface area contributed by atoms with Gasteiger partial charge >= 0.3 is 0 Å². The first kappa shape index (κ1) is 19.5. The molecule has 1 fully saturated rings. The van der Waals surface area contributed by atoms with Crippen LogP contribution in [-0.2, 0) is 16.1 Å². The number of nitrogens with zero attached hydrogens (tertiary/aromatic N) is 6. The van der Waals surface area contributed by atoms with E-state index >= 15 is 0 Å². The molecule has 9 nitrogen and oxygen atoms in total. The van der Waals surface area contributed by atoms with E-state index in [9.17, 15) is 9.59 Å². The summed E-state index contributed by atoms with van der Waals surface area (Å²) in [5, 5.41) is 8.61. The van der Waals surface area contributed by atoms with E-state index < -0.39 is 5.56 Å². The maximum atomic E-state index is 12.8. The van der Waals surface area contributed by atoms with Crippen molar-refractivity contribution in [2.45, 2.75) is 39.5 Å². The summed E-state index contributed by atoms with van der Waals surface area (Å²) in [6.45, 7) is 6.63. The third kappa shape index (κ3) is 3.75. The third-order valence-electron chi connectivity index (χ3n) is 4.91. The summed E-state index contributed by atoms with van der Waals surface area (Å²) in [6.07, 6.45) is 1.27. The van der Waals surface area contributed by atoms with Crippen molar-refractivity contribution in [2.24, 2.45) is 0 Å². The molecule has 1 aromatic carbocycles. The molecular weight excluding hydrogens is 396 g/mol. The normalized spacial score (nSPS) is 19.7. The van der Waals surface area contributed by atoms with Crippen molar-refractivity contribution in [1.29, 1.82) is 0 Å². The Balaban J connectivity index is 1.63. The van der Waals surface area contributed by atoms with Crippen LogP contribution in [0.15, 0.2) is 29.3 Å². The van der Waals surface area contributed by atoms with Gasteiger partial charge in [0.2, 0.25) is 5.91 Å². The van der Waals surface area contributed by atoms with Gasteiger partial charge in [0.15, 0.2) is 11.2 Å². The van der Waals surface area contributed by atoms with Crippen molar-refractivity contribution < 1.29 is 9.53 Å². The molecule has 1 saturated heterocycles. The molecular formula is C19H21ClN6O3. The number of halogens is 1. The van der Waals surface area contributed by atoms with Gasteiger partial charge in [0.05, 0.1) is 17.9 Å². The van der Waals surface area contributed by atoms with E-state index in [4.69, 9.17) is 16.3 Å². The number of aryl methyl sites for hydroxylation is 1. The lowest BCUT2D eigenvalue weighted by atomic mass is 10.2. The van der Waals surface area contributed by atoms with Crippen molar-refractivity contribution in [3.63, 3.8) is 0 Å². The zero-order valence-electron chi connectivity index (χ0n) is 16.4. The van der Waals surface area contributed by atoms with Gasteiger partial charge in [-0.1, -0.05) is 22.9 Å². The average molecular weight is 417 g/mol. The second-order valence-corrected chi connectivity index (χ2v) is 7.75. The Hall–Kier alpha value is -2.78. The van der Waals surface area contributed by atoms with Crippen molar-refractivity contribution in [3.05, 3.63) is 45.5 Å². The van der Waals surface area contributed by atoms with Gasteiger partial charge in [-0.25, -0.2) is 4.98 Å². The largest absolute Gasteiger partial charge is 0.372 e. The van der Waals surface area contributed by atoms with Gasteiger partial charge < -0.3 is 9.64 Å². The highest BCUT2D eigenvalue weighted by Crippen LogP contribution is 2.20. The van der Waals surface area contributed by atoms with E-state index in [1.165, 1.54) is 15.6 Å². The molecule has 3 heterocycles. The van der Waals surface area contributed by atoms with Crippen LogP contribution in [0.1, 0.15) is 19.4 Å². The molecule has 1 amide bonds. The summed E-state index contributed by atoms with van der Waals surface area (Å²) >= 11 is 6.19. The van der Waals surface area contributed by atoms with Gasteiger partial charge in [-0.2, -0.15) is 4.68 Å². The molecule has 4 rings (SSSR count). The quantitative estimate of drug-likeness (QED) is 0.643. The number of hydrogen-bond donors (Lipinski definition) is 0. The molecule has 2 atom stereocenters. The molecule has 0 unspecified atom stereocenters. The number of morpholine rings is 1. The molecule has 0 N–H and O–H groups in total. The van der Waals surface area contributed by atoms with E-state index in [2.05, 4.69) is 15.3 Å². The number of fused-ring (bicyclic) bond motifs is 1. The number of aromatic nitrogens is 5. The molecule has 0 bridgehead atoms. The van der Waals surface area contributed by atoms with Crippen LogP contribution in [0.4, 0.5) is 0 Å². The predicted octanol–water partition coefficient (Wildman–Crippen LogP) is 1.57. The first-order valence-corrected chi connectivity index (χ1v) is 9.72. The highest BCUT2D eigenvalue weighted by Gasteiger charge is 2.26. The summed E-state index contributed by atoms with van der Waals surface area (Å²) in [5.74, 6) is -0.159. The van der Waals surface area contributed by atoms with Crippen LogP contribution in [-0.4, -0.2) is 60.6 Å². The lowest BCUT2D eigenvalue weighted by Crippen LogP contribution is -2.49. The lowest BCUT2D eigenvalue weighted by molar-refractivity contribution is -0.143. The number of rotatable bonds is 3. The molecule has 0 saturated carbocycles. The molecule has 1 aliphatic heterocycles. The molecule has 152 valence electrons. The molecule has 3 aromatic rings. The number of carbonyl (C=O) groups is 1. The first-order valence-electron chi connectivity index (χ1n) is 9.34. The molecule has 0 aliphatic carbocycles. The number of carbonyl (C=O) groups excluding carboxylic acids is 1. The molecule has 29 heavy (non-hydrogen) atoms. The smallest absolute Gasteiger partial charge is 0.284 e. The molecule has 10 heteroatoms. The Bertz CT molecular complexity index is 1130. The summed E-state index contributed by atoms with van der Waals surface area (Å²) in [5.41, 5.74) is 1.58. The van der Waals surface area contributed by atoms with E-state index in [1.54, 1.807) is 11.0 Å². The Labute approximate surface area is 171 Å².